The van der Waals surface area contributed by atoms with E-state index in [1.54, 1.807) is 26.0 Å². The van der Waals surface area contributed by atoms with Gasteiger partial charge < -0.3 is 10.2 Å². The summed E-state index contributed by atoms with van der Waals surface area (Å²) >= 11 is 0. The minimum atomic E-state index is -0.859. The van der Waals surface area contributed by atoms with Crippen LogP contribution in [0.25, 0.3) is 0 Å². The molecule has 3 heteroatoms. The van der Waals surface area contributed by atoms with Crippen molar-refractivity contribution in [2.45, 2.75) is 27.2 Å². The fourth-order valence-electron chi connectivity index (χ4n) is 1.38. The molecule has 0 fully saturated rings. The first-order valence-electron chi connectivity index (χ1n) is 4.85. The largest absolute Gasteiger partial charge is 0.508 e. The molecule has 0 unspecified atom stereocenters. The molecule has 82 valence electrons. The molecule has 1 rings (SSSR count). The number of rotatable bonds is 3. The van der Waals surface area contributed by atoms with E-state index in [4.69, 9.17) is 5.11 Å². The average molecular weight is 208 g/mol. The van der Waals surface area contributed by atoms with Gasteiger partial charge in [0.05, 0.1) is 5.41 Å². The number of hydrogen-bond acceptors (Lipinski definition) is 2. The Morgan fingerprint density at radius 1 is 1.40 bits per heavy atom. The van der Waals surface area contributed by atoms with Gasteiger partial charge in [0, 0.05) is 0 Å². The molecule has 0 amide bonds. The third-order valence-corrected chi connectivity index (χ3v) is 2.45. The second-order valence-electron chi connectivity index (χ2n) is 4.50. The molecule has 0 saturated carbocycles. The van der Waals surface area contributed by atoms with Gasteiger partial charge in [-0.2, -0.15) is 0 Å². The van der Waals surface area contributed by atoms with Crippen LogP contribution >= 0.6 is 0 Å². The summed E-state index contributed by atoms with van der Waals surface area (Å²) in [5, 5.41) is 18.6. The van der Waals surface area contributed by atoms with Crippen LogP contribution < -0.4 is 0 Å². The minimum absolute atomic E-state index is 0.171. The molecule has 1 aromatic rings. The maximum atomic E-state index is 10.9. The molecular formula is C12H16O3. The van der Waals surface area contributed by atoms with Crippen molar-refractivity contribution in [3.05, 3.63) is 29.3 Å². The summed E-state index contributed by atoms with van der Waals surface area (Å²) in [4.78, 5) is 10.9. The number of benzene rings is 1. The predicted molar refractivity (Wildman–Crippen MR) is 58.0 cm³/mol. The Morgan fingerprint density at radius 3 is 2.47 bits per heavy atom. The van der Waals surface area contributed by atoms with Gasteiger partial charge in [0.1, 0.15) is 5.75 Å². The summed E-state index contributed by atoms with van der Waals surface area (Å²) in [6.45, 7) is 5.18. The zero-order valence-corrected chi connectivity index (χ0v) is 9.24. The zero-order valence-electron chi connectivity index (χ0n) is 9.24. The molecule has 0 aliphatic carbocycles. The average Bonchev–Trinajstić information content (AvgIpc) is 2.09. The highest BCUT2D eigenvalue weighted by molar-refractivity contribution is 5.74. The Kier molecular flexibility index (Phi) is 3.03. The lowest BCUT2D eigenvalue weighted by Crippen LogP contribution is -2.26. The van der Waals surface area contributed by atoms with E-state index in [-0.39, 0.29) is 5.75 Å². The molecule has 2 N–H and O–H groups in total. The van der Waals surface area contributed by atoms with E-state index >= 15 is 0 Å². The van der Waals surface area contributed by atoms with Crippen molar-refractivity contribution in [3.8, 4) is 5.75 Å². The second kappa shape index (κ2) is 3.93. The van der Waals surface area contributed by atoms with Crippen molar-refractivity contribution in [2.75, 3.05) is 0 Å². The molecule has 0 radical (unpaired) electrons. The summed E-state index contributed by atoms with van der Waals surface area (Å²) in [7, 11) is 0. The number of aryl methyl sites for hydroxylation is 1. The first kappa shape index (κ1) is 11.6. The van der Waals surface area contributed by atoms with E-state index in [0.29, 0.717) is 12.0 Å². The van der Waals surface area contributed by atoms with E-state index in [0.717, 1.165) is 5.56 Å². The van der Waals surface area contributed by atoms with E-state index < -0.39 is 11.4 Å². The van der Waals surface area contributed by atoms with Crippen LogP contribution in [-0.2, 0) is 11.2 Å². The second-order valence-corrected chi connectivity index (χ2v) is 4.50. The van der Waals surface area contributed by atoms with Crippen molar-refractivity contribution in [1.82, 2.24) is 0 Å². The summed E-state index contributed by atoms with van der Waals surface area (Å²) in [6.07, 6.45) is 0.328. The molecule has 0 atom stereocenters. The molecule has 0 bridgehead atoms. The van der Waals surface area contributed by atoms with Crippen molar-refractivity contribution < 1.29 is 15.0 Å². The van der Waals surface area contributed by atoms with Crippen LogP contribution in [0, 0.1) is 12.3 Å². The molecule has 0 saturated heterocycles. The van der Waals surface area contributed by atoms with Gasteiger partial charge >= 0.3 is 5.97 Å². The zero-order chi connectivity index (χ0) is 11.6. The number of phenolic OH excluding ortho intramolecular Hbond substituents is 1. The molecule has 0 spiro atoms. The third kappa shape index (κ3) is 2.72. The topological polar surface area (TPSA) is 57.5 Å². The molecule has 1 aromatic carbocycles. The van der Waals surface area contributed by atoms with Crippen LogP contribution in [-0.4, -0.2) is 16.2 Å². The van der Waals surface area contributed by atoms with Gasteiger partial charge in [-0.25, -0.2) is 0 Å². The fourth-order valence-corrected chi connectivity index (χ4v) is 1.38. The maximum Gasteiger partial charge on any atom is 0.309 e. The highest BCUT2D eigenvalue weighted by Gasteiger charge is 2.28. The Morgan fingerprint density at radius 2 is 2.00 bits per heavy atom. The monoisotopic (exact) mass is 208 g/mol. The molecule has 3 nitrogen and oxygen atoms in total. The lowest BCUT2D eigenvalue weighted by Gasteiger charge is -2.19. The fraction of sp³-hybridized carbons (Fsp3) is 0.417. The molecule has 0 heterocycles. The number of aromatic hydroxyl groups is 1. The Hall–Kier alpha value is -1.51. The van der Waals surface area contributed by atoms with E-state index in [2.05, 4.69) is 0 Å². The van der Waals surface area contributed by atoms with Crippen molar-refractivity contribution in [2.24, 2.45) is 5.41 Å². The van der Waals surface area contributed by atoms with Gasteiger partial charge in [-0.05, 0) is 44.4 Å². The smallest absolute Gasteiger partial charge is 0.309 e. The van der Waals surface area contributed by atoms with Crippen LogP contribution in [0.3, 0.4) is 0 Å². The standard InChI is InChI=1S/C12H16O3/c1-8-4-5-9(10(13)6-8)7-12(2,3)11(14)15/h4-6,13H,7H2,1-3H3,(H,14,15). The lowest BCUT2D eigenvalue weighted by molar-refractivity contribution is -0.146. The summed E-state index contributed by atoms with van der Waals surface area (Å²) in [5.74, 6) is -0.688. The van der Waals surface area contributed by atoms with Crippen LogP contribution in [0.4, 0.5) is 0 Å². The Labute approximate surface area is 89.4 Å². The first-order valence-corrected chi connectivity index (χ1v) is 4.85. The highest BCUT2D eigenvalue weighted by atomic mass is 16.4. The number of carboxylic acids is 1. The Balaban J connectivity index is 2.95. The number of carbonyl (C=O) groups is 1. The van der Waals surface area contributed by atoms with E-state index in [1.165, 1.54) is 0 Å². The number of hydrogen-bond donors (Lipinski definition) is 2. The first-order chi connectivity index (χ1) is 6.83. The van der Waals surface area contributed by atoms with E-state index in [1.807, 2.05) is 13.0 Å². The van der Waals surface area contributed by atoms with Gasteiger partial charge in [0.2, 0.25) is 0 Å². The number of carboxylic acid groups (broad SMARTS) is 1. The van der Waals surface area contributed by atoms with Gasteiger partial charge in [0.25, 0.3) is 0 Å². The minimum Gasteiger partial charge on any atom is -0.508 e. The van der Waals surface area contributed by atoms with Crippen molar-refractivity contribution in [3.63, 3.8) is 0 Å². The molecule has 0 aliphatic rings. The Bertz CT molecular complexity index is 380. The third-order valence-electron chi connectivity index (χ3n) is 2.45. The van der Waals surface area contributed by atoms with Crippen molar-refractivity contribution >= 4 is 5.97 Å². The molecule has 15 heavy (non-hydrogen) atoms. The van der Waals surface area contributed by atoms with E-state index in [9.17, 15) is 9.90 Å². The van der Waals surface area contributed by atoms with Gasteiger partial charge in [-0.1, -0.05) is 12.1 Å². The summed E-state index contributed by atoms with van der Waals surface area (Å²) in [6, 6.07) is 5.29. The highest BCUT2D eigenvalue weighted by Crippen LogP contribution is 2.28. The van der Waals surface area contributed by atoms with Gasteiger partial charge in [-0.3, -0.25) is 4.79 Å². The summed E-state index contributed by atoms with van der Waals surface area (Å²) in [5.41, 5.74) is 0.782. The molecule has 0 aliphatic heterocycles. The lowest BCUT2D eigenvalue weighted by atomic mass is 9.85. The van der Waals surface area contributed by atoms with Gasteiger partial charge in [0.15, 0.2) is 0 Å². The summed E-state index contributed by atoms with van der Waals surface area (Å²) < 4.78 is 0. The van der Waals surface area contributed by atoms with Crippen LogP contribution in [0.5, 0.6) is 5.75 Å². The van der Waals surface area contributed by atoms with Gasteiger partial charge in [-0.15, -0.1) is 0 Å². The maximum absolute atomic E-state index is 10.9. The molecular weight excluding hydrogens is 192 g/mol. The van der Waals surface area contributed by atoms with Crippen LogP contribution in [0.1, 0.15) is 25.0 Å². The number of phenols is 1. The predicted octanol–water partition coefficient (Wildman–Crippen LogP) is 2.35. The number of aliphatic carboxylic acids is 1. The van der Waals surface area contributed by atoms with Crippen molar-refractivity contribution in [1.29, 1.82) is 0 Å². The normalized spacial score (nSPS) is 11.4. The molecule has 0 aromatic heterocycles. The van der Waals surface area contributed by atoms with Crippen LogP contribution in [0.2, 0.25) is 0 Å². The quantitative estimate of drug-likeness (QED) is 0.801. The SMILES string of the molecule is Cc1ccc(CC(C)(C)C(=O)O)c(O)c1. The van der Waals surface area contributed by atoms with Crippen LogP contribution in [0.15, 0.2) is 18.2 Å².